The van der Waals surface area contributed by atoms with E-state index in [1.807, 2.05) is 30.3 Å². The second kappa shape index (κ2) is 13.5. The smallest absolute Gasteiger partial charge is 0.269 e. The lowest BCUT2D eigenvalue weighted by molar-refractivity contribution is -0.384. The van der Waals surface area contributed by atoms with Crippen molar-refractivity contribution in [2.24, 2.45) is 0 Å². The number of carbonyl (C=O) groups is 1. The Morgan fingerprint density at radius 1 is 0.974 bits per heavy atom. The number of hydrogen-bond acceptors (Lipinski definition) is 8. The van der Waals surface area contributed by atoms with Crippen LogP contribution in [0.2, 0.25) is 0 Å². The molecule has 0 atom stereocenters. The van der Waals surface area contributed by atoms with Gasteiger partial charge in [-0.1, -0.05) is 30.3 Å². The lowest BCUT2D eigenvalue weighted by Crippen LogP contribution is -2.44. The van der Waals surface area contributed by atoms with E-state index in [0.717, 1.165) is 35.1 Å². The topological polar surface area (TPSA) is 126 Å². The number of amides is 1. The maximum atomic E-state index is 13.7. The molecular weight excluding hydrogens is 524 g/mol. The van der Waals surface area contributed by atoms with Crippen LogP contribution in [0.3, 0.4) is 0 Å². The molecule has 1 fully saturated rings. The Bertz CT molecular complexity index is 1310. The number of furan rings is 1. The highest BCUT2D eigenvalue weighted by molar-refractivity contribution is 7.89. The average molecular weight is 557 g/mol. The van der Waals surface area contributed by atoms with Crippen molar-refractivity contribution < 1.29 is 27.3 Å². The summed E-state index contributed by atoms with van der Waals surface area (Å²) in [4.78, 5) is 27.8. The van der Waals surface area contributed by atoms with Crippen molar-refractivity contribution in [3.63, 3.8) is 0 Å². The number of benzene rings is 2. The summed E-state index contributed by atoms with van der Waals surface area (Å²) >= 11 is 0. The van der Waals surface area contributed by atoms with E-state index in [2.05, 4.69) is 4.90 Å². The summed E-state index contributed by atoms with van der Waals surface area (Å²) in [6.45, 7) is 3.64. The zero-order chi connectivity index (χ0) is 27.7. The first-order valence-corrected chi connectivity index (χ1v) is 14.2. The zero-order valence-electron chi connectivity index (χ0n) is 21.6. The number of carbonyl (C=O) groups excluding carboxylic acids is 1. The second-order valence-electron chi connectivity index (χ2n) is 9.21. The molecule has 0 saturated carbocycles. The molecule has 11 nitrogen and oxygen atoms in total. The minimum Gasteiger partial charge on any atom is -0.467 e. The molecule has 0 radical (unpaired) electrons. The molecule has 1 aliphatic rings. The molecule has 3 aromatic rings. The molecular formula is C27H32N4O7S. The van der Waals surface area contributed by atoms with Crippen LogP contribution in [0, 0.1) is 10.1 Å². The van der Waals surface area contributed by atoms with Crippen molar-refractivity contribution in [1.82, 2.24) is 14.1 Å². The number of nitro benzene ring substituents is 1. The first kappa shape index (κ1) is 28.4. The van der Waals surface area contributed by atoms with Crippen molar-refractivity contribution in [2.45, 2.75) is 24.4 Å². The number of non-ortho nitro benzene ring substituents is 1. The third kappa shape index (κ3) is 7.96. The molecule has 39 heavy (non-hydrogen) atoms. The Morgan fingerprint density at radius 3 is 2.33 bits per heavy atom. The van der Waals surface area contributed by atoms with E-state index in [-0.39, 0.29) is 42.7 Å². The normalized spacial score (nSPS) is 14.4. The number of morpholine rings is 1. The van der Waals surface area contributed by atoms with Crippen molar-refractivity contribution in [3.05, 3.63) is 94.4 Å². The number of nitrogens with zero attached hydrogens (tertiary/aromatic N) is 4. The van der Waals surface area contributed by atoms with Gasteiger partial charge in [-0.05, 0) is 42.8 Å². The number of sulfonamides is 1. The predicted octanol–water partition coefficient (Wildman–Crippen LogP) is 3.13. The third-order valence-electron chi connectivity index (χ3n) is 6.48. The summed E-state index contributed by atoms with van der Waals surface area (Å²) in [7, 11) is -4.11. The average Bonchev–Trinajstić information content (AvgIpc) is 3.46. The Morgan fingerprint density at radius 2 is 1.69 bits per heavy atom. The molecule has 0 unspecified atom stereocenters. The lowest BCUT2D eigenvalue weighted by Gasteiger charge is -2.29. The van der Waals surface area contributed by atoms with E-state index in [1.54, 1.807) is 17.0 Å². The molecule has 1 amide bonds. The molecule has 0 spiro atoms. The van der Waals surface area contributed by atoms with Crippen LogP contribution in [0.5, 0.6) is 0 Å². The molecule has 0 bridgehead atoms. The number of ether oxygens (including phenoxy) is 1. The van der Waals surface area contributed by atoms with E-state index < -0.39 is 14.9 Å². The number of hydrogen-bond donors (Lipinski definition) is 0. The molecule has 1 saturated heterocycles. The van der Waals surface area contributed by atoms with Gasteiger partial charge in [0.2, 0.25) is 15.9 Å². The number of nitro groups is 1. The summed E-state index contributed by atoms with van der Waals surface area (Å²) in [5, 5.41) is 11.1. The van der Waals surface area contributed by atoms with E-state index in [9.17, 15) is 23.3 Å². The molecule has 1 aliphatic heterocycles. The molecule has 4 rings (SSSR count). The van der Waals surface area contributed by atoms with E-state index in [1.165, 1.54) is 18.4 Å². The Balaban J connectivity index is 1.55. The van der Waals surface area contributed by atoms with Crippen molar-refractivity contribution >= 4 is 21.6 Å². The second-order valence-corrected chi connectivity index (χ2v) is 11.1. The van der Waals surface area contributed by atoms with Gasteiger partial charge in [0.1, 0.15) is 5.76 Å². The van der Waals surface area contributed by atoms with Gasteiger partial charge in [0, 0.05) is 38.3 Å². The fourth-order valence-corrected chi connectivity index (χ4v) is 5.77. The quantitative estimate of drug-likeness (QED) is 0.232. The summed E-state index contributed by atoms with van der Waals surface area (Å²) in [6.07, 6.45) is 2.04. The van der Waals surface area contributed by atoms with Crippen LogP contribution < -0.4 is 0 Å². The molecule has 1 aromatic heterocycles. The summed E-state index contributed by atoms with van der Waals surface area (Å²) in [5.74, 6) is 0.198. The van der Waals surface area contributed by atoms with Crippen LogP contribution >= 0.6 is 0 Å². The fraction of sp³-hybridized carbons (Fsp3) is 0.370. The third-order valence-corrected chi connectivity index (χ3v) is 8.34. The minimum atomic E-state index is -4.11. The van der Waals surface area contributed by atoms with Crippen molar-refractivity contribution in [3.8, 4) is 0 Å². The first-order chi connectivity index (χ1) is 18.8. The van der Waals surface area contributed by atoms with Crippen LogP contribution in [0.4, 0.5) is 5.69 Å². The van der Waals surface area contributed by atoms with Gasteiger partial charge in [0.25, 0.3) is 5.69 Å². The molecule has 208 valence electrons. The molecule has 2 aromatic carbocycles. The highest BCUT2D eigenvalue weighted by atomic mass is 32.2. The van der Waals surface area contributed by atoms with Gasteiger partial charge in [-0.25, -0.2) is 8.42 Å². The van der Waals surface area contributed by atoms with Crippen LogP contribution in [0.1, 0.15) is 17.7 Å². The van der Waals surface area contributed by atoms with E-state index in [4.69, 9.17) is 9.15 Å². The van der Waals surface area contributed by atoms with Gasteiger partial charge in [0.15, 0.2) is 0 Å². The molecule has 2 heterocycles. The van der Waals surface area contributed by atoms with Crippen LogP contribution in [0.25, 0.3) is 0 Å². The van der Waals surface area contributed by atoms with Gasteiger partial charge in [-0.2, -0.15) is 4.31 Å². The molecule has 0 N–H and O–H groups in total. The highest BCUT2D eigenvalue weighted by Gasteiger charge is 2.29. The van der Waals surface area contributed by atoms with Crippen LogP contribution in [0.15, 0.2) is 82.3 Å². The Labute approximate surface area is 227 Å². The molecule has 12 heteroatoms. The van der Waals surface area contributed by atoms with E-state index >= 15 is 0 Å². The maximum Gasteiger partial charge on any atom is 0.269 e. The van der Waals surface area contributed by atoms with Gasteiger partial charge in [-0.15, -0.1) is 0 Å². The van der Waals surface area contributed by atoms with Crippen molar-refractivity contribution in [1.29, 1.82) is 0 Å². The highest BCUT2D eigenvalue weighted by Crippen LogP contribution is 2.21. The summed E-state index contributed by atoms with van der Waals surface area (Å²) < 4.78 is 39.3. The zero-order valence-corrected chi connectivity index (χ0v) is 22.4. The Hall–Kier alpha value is -3.58. The van der Waals surface area contributed by atoms with Gasteiger partial charge in [-0.3, -0.25) is 19.8 Å². The standard InChI is InChI=1S/C27H32N4O7S/c32-27(29(21-25-8-4-17-38-25)20-23-6-2-1-3-7-23)22-30(14-5-13-28-15-18-37-19-16-28)39(35,36)26-11-9-24(10-12-26)31(33)34/h1-4,6-12,17H,5,13-16,18-22H2. The van der Waals surface area contributed by atoms with Crippen LogP contribution in [-0.4, -0.2) is 79.3 Å². The Kier molecular flexibility index (Phi) is 9.82. The van der Waals surface area contributed by atoms with Gasteiger partial charge in [0.05, 0.1) is 42.4 Å². The van der Waals surface area contributed by atoms with Crippen LogP contribution in [-0.2, 0) is 32.6 Å². The molecule has 0 aliphatic carbocycles. The van der Waals surface area contributed by atoms with Crippen molar-refractivity contribution in [2.75, 3.05) is 45.9 Å². The predicted molar refractivity (Wildman–Crippen MR) is 143 cm³/mol. The SMILES string of the molecule is O=C(CN(CCCN1CCOCC1)S(=O)(=O)c1ccc([N+](=O)[O-])cc1)N(Cc1ccccc1)Cc1ccco1. The lowest BCUT2D eigenvalue weighted by atomic mass is 10.2. The summed E-state index contributed by atoms with van der Waals surface area (Å²) in [5.41, 5.74) is 0.686. The largest absolute Gasteiger partial charge is 0.467 e. The summed E-state index contributed by atoms with van der Waals surface area (Å²) in [6, 6.07) is 17.6. The monoisotopic (exact) mass is 556 g/mol. The van der Waals surface area contributed by atoms with E-state index in [0.29, 0.717) is 31.9 Å². The van der Waals surface area contributed by atoms with Gasteiger partial charge >= 0.3 is 0 Å². The first-order valence-electron chi connectivity index (χ1n) is 12.7. The minimum absolute atomic E-state index is 0.104. The maximum absolute atomic E-state index is 13.7. The fourth-order valence-electron chi connectivity index (χ4n) is 4.35. The van der Waals surface area contributed by atoms with Gasteiger partial charge < -0.3 is 14.1 Å². The number of rotatable bonds is 13.